The Balaban J connectivity index is 0. The molecular formula is C12H9F17NNaO6S2. The van der Waals surface area contributed by atoms with Crippen molar-refractivity contribution in [3.8, 4) is 0 Å². The molecule has 0 unspecified atom stereocenters. The van der Waals surface area contributed by atoms with Crippen molar-refractivity contribution in [2.45, 2.75) is 53.9 Å². The average molecular weight is 673 g/mol. The van der Waals surface area contributed by atoms with Gasteiger partial charge in [-0.2, -0.15) is 78.9 Å². The van der Waals surface area contributed by atoms with E-state index in [2.05, 4.69) is 4.18 Å². The number of halogens is 17. The standard InChI is InChI=1S/C12H10F17NO6S2.Na/c1-2-30(3-4-36-38(33,34)35)37(31,32)12(28,29)10(23,24)8(19,20)6(15,16)5(13,14)7(17,18)9(21,22)11(25,26)27;/h2-4H2,1H3,(H,33,34,35);/q;+1/p-1. The van der Waals surface area contributed by atoms with Crippen LogP contribution in [0.3, 0.4) is 0 Å². The maximum absolute atomic E-state index is 14.0. The van der Waals surface area contributed by atoms with Gasteiger partial charge in [0.1, 0.15) is 0 Å². The summed E-state index contributed by atoms with van der Waals surface area (Å²) in [4.78, 5) is 0. The van der Waals surface area contributed by atoms with E-state index in [1.165, 1.54) is 0 Å². The Morgan fingerprint density at radius 1 is 0.615 bits per heavy atom. The van der Waals surface area contributed by atoms with Crippen LogP contribution in [0.4, 0.5) is 74.6 Å². The summed E-state index contributed by atoms with van der Waals surface area (Å²) in [5.41, 5.74) is 0. The SMILES string of the molecule is CCN(CCOS(=O)(=O)[O-])S(=O)(=O)C(F)(F)C(F)(F)C(F)(F)C(F)(F)C(F)(F)C(F)(F)C(F)(F)C(F)(F)F.[Na+]. The molecule has 0 radical (unpaired) electrons. The van der Waals surface area contributed by atoms with Gasteiger partial charge in [0, 0.05) is 13.1 Å². The van der Waals surface area contributed by atoms with Crippen LogP contribution >= 0.6 is 0 Å². The second-order valence-corrected chi connectivity index (χ2v) is 9.72. The molecule has 7 nitrogen and oxygen atoms in total. The number of hydrogen-bond donors (Lipinski definition) is 0. The molecule has 0 saturated heterocycles. The first-order valence-corrected chi connectivity index (χ1v) is 11.3. The third-order valence-corrected chi connectivity index (χ3v) is 6.76. The normalized spacial score (nSPS) is 15.9. The molecule has 0 rings (SSSR count). The molecule has 0 aliphatic rings. The summed E-state index contributed by atoms with van der Waals surface area (Å²) >= 11 is 0. The average Bonchev–Trinajstić information content (AvgIpc) is 2.68. The van der Waals surface area contributed by atoms with Crippen molar-refractivity contribution in [3.05, 3.63) is 0 Å². The molecule has 0 atom stereocenters. The first kappa shape index (κ1) is 40.7. The minimum atomic E-state index is -8.97. The van der Waals surface area contributed by atoms with E-state index in [1.807, 2.05) is 0 Å². The summed E-state index contributed by atoms with van der Waals surface area (Å²) in [6, 6.07) is 0. The zero-order valence-corrected chi connectivity index (χ0v) is 21.9. The Morgan fingerprint density at radius 3 is 1.21 bits per heavy atom. The van der Waals surface area contributed by atoms with Gasteiger partial charge in [-0.15, -0.1) is 0 Å². The fraction of sp³-hybridized carbons (Fsp3) is 1.00. The molecule has 0 aliphatic heterocycles. The van der Waals surface area contributed by atoms with Gasteiger partial charge in [-0.05, 0) is 0 Å². The number of hydrogen-bond acceptors (Lipinski definition) is 6. The summed E-state index contributed by atoms with van der Waals surface area (Å²) in [6.07, 6.45) is -7.94. The van der Waals surface area contributed by atoms with Gasteiger partial charge in [-0.3, -0.25) is 4.18 Å². The van der Waals surface area contributed by atoms with E-state index in [9.17, 15) is 96.0 Å². The molecule has 0 N–H and O–H groups in total. The van der Waals surface area contributed by atoms with Gasteiger partial charge in [0.15, 0.2) is 0 Å². The van der Waals surface area contributed by atoms with Gasteiger partial charge >= 0.3 is 76.5 Å². The Kier molecular flexibility index (Phi) is 11.9. The number of rotatable bonds is 13. The third-order valence-electron chi connectivity index (χ3n) is 4.28. The van der Waals surface area contributed by atoms with Crippen molar-refractivity contribution in [2.24, 2.45) is 0 Å². The predicted molar refractivity (Wildman–Crippen MR) is 82.5 cm³/mol. The van der Waals surface area contributed by atoms with Gasteiger partial charge in [0.25, 0.3) is 10.0 Å². The predicted octanol–water partition coefficient (Wildman–Crippen LogP) is 1.09. The van der Waals surface area contributed by atoms with E-state index >= 15 is 0 Å². The van der Waals surface area contributed by atoms with Crippen molar-refractivity contribution in [1.82, 2.24) is 4.31 Å². The molecule has 0 heterocycles. The number of sulfonamides is 1. The Hall–Kier alpha value is -0.410. The van der Waals surface area contributed by atoms with Crippen LogP contribution in [-0.2, 0) is 24.6 Å². The molecule has 230 valence electrons. The van der Waals surface area contributed by atoms with E-state index in [0.29, 0.717) is 6.92 Å². The molecule has 27 heteroatoms. The van der Waals surface area contributed by atoms with Gasteiger partial charge in [0.2, 0.25) is 10.4 Å². The van der Waals surface area contributed by atoms with Crippen LogP contribution in [0.1, 0.15) is 6.92 Å². The Morgan fingerprint density at radius 2 is 0.923 bits per heavy atom. The number of nitrogens with zero attached hydrogens (tertiary/aromatic N) is 1. The zero-order chi connectivity index (χ0) is 31.4. The number of likely N-dealkylation sites (N-methyl/N-ethyl adjacent to an activating group) is 1. The fourth-order valence-electron chi connectivity index (χ4n) is 2.16. The molecule has 0 amide bonds. The molecule has 0 saturated carbocycles. The minimum Gasteiger partial charge on any atom is -0.726 e. The van der Waals surface area contributed by atoms with Crippen molar-refractivity contribution >= 4 is 20.4 Å². The maximum atomic E-state index is 14.0. The van der Waals surface area contributed by atoms with Crippen LogP contribution in [0.25, 0.3) is 0 Å². The van der Waals surface area contributed by atoms with E-state index in [1.54, 1.807) is 0 Å². The van der Waals surface area contributed by atoms with Crippen molar-refractivity contribution < 1.29 is 130 Å². The molecule has 39 heavy (non-hydrogen) atoms. The van der Waals surface area contributed by atoms with E-state index in [0.717, 1.165) is 0 Å². The van der Waals surface area contributed by atoms with E-state index < -0.39 is 91.4 Å². The number of alkyl halides is 17. The van der Waals surface area contributed by atoms with Crippen LogP contribution in [0.15, 0.2) is 0 Å². The fourth-order valence-corrected chi connectivity index (χ4v) is 3.87. The van der Waals surface area contributed by atoms with Crippen molar-refractivity contribution in [3.63, 3.8) is 0 Å². The molecule has 0 fully saturated rings. The second-order valence-electron chi connectivity index (χ2n) is 6.69. The molecule has 0 aromatic rings. The Labute approximate surface area is 227 Å². The zero-order valence-electron chi connectivity index (χ0n) is 18.3. The minimum absolute atomic E-state index is 0. The monoisotopic (exact) mass is 673 g/mol. The molecule has 0 aromatic heterocycles. The molecule has 0 bridgehead atoms. The van der Waals surface area contributed by atoms with E-state index in [-0.39, 0.29) is 29.6 Å². The van der Waals surface area contributed by atoms with Crippen LogP contribution < -0.4 is 29.6 Å². The molecular weight excluding hydrogens is 664 g/mol. The molecule has 0 spiro atoms. The van der Waals surface area contributed by atoms with Crippen LogP contribution in [-0.4, -0.2) is 92.4 Å². The van der Waals surface area contributed by atoms with Crippen LogP contribution in [0, 0.1) is 0 Å². The van der Waals surface area contributed by atoms with Gasteiger partial charge < -0.3 is 4.55 Å². The summed E-state index contributed by atoms with van der Waals surface area (Å²) in [6.45, 7) is -5.04. The van der Waals surface area contributed by atoms with Crippen LogP contribution in [0.5, 0.6) is 0 Å². The molecule has 0 aliphatic carbocycles. The molecule has 0 aromatic carbocycles. The first-order chi connectivity index (χ1) is 16.2. The maximum Gasteiger partial charge on any atom is 1.00 e. The van der Waals surface area contributed by atoms with Gasteiger partial charge in [-0.25, -0.2) is 16.8 Å². The van der Waals surface area contributed by atoms with Gasteiger partial charge in [-0.1, -0.05) is 6.92 Å². The summed E-state index contributed by atoms with van der Waals surface area (Å²) < 4.78 is 281. The van der Waals surface area contributed by atoms with Crippen molar-refractivity contribution in [2.75, 3.05) is 19.7 Å². The largest absolute Gasteiger partial charge is 1.00 e. The summed E-state index contributed by atoms with van der Waals surface area (Å²) in [5.74, 6) is -52.4. The first-order valence-electron chi connectivity index (χ1n) is 8.48. The quantitative estimate of drug-likeness (QED) is 0.126. The Bertz CT molecular complexity index is 1080. The van der Waals surface area contributed by atoms with Gasteiger partial charge in [0.05, 0.1) is 6.61 Å². The third kappa shape index (κ3) is 6.35. The summed E-state index contributed by atoms with van der Waals surface area (Å²) in [5, 5.41) is -7.79. The smallest absolute Gasteiger partial charge is 0.726 e. The van der Waals surface area contributed by atoms with Crippen LogP contribution in [0.2, 0.25) is 0 Å². The van der Waals surface area contributed by atoms with Crippen molar-refractivity contribution in [1.29, 1.82) is 0 Å². The second kappa shape index (κ2) is 11.3. The van der Waals surface area contributed by atoms with E-state index in [4.69, 9.17) is 0 Å². The topological polar surface area (TPSA) is 104 Å². The summed E-state index contributed by atoms with van der Waals surface area (Å²) in [7, 11) is -13.4.